The number of hydrogen-bond donors (Lipinski definition) is 2. The molecule has 160 valence electrons. The Bertz CT molecular complexity index is 1200. The molecule has 32 heavy (non-hydrogen) atoms. The predicted octanol–water partition coefficient (Wildman–Crippen LogP) is 4.71. The van der Waals surface area contributed by atoms with Crippen molar-refractivity contribution in [3.05, 3.63) is 88.2 Å². The fourth-order valence-corrected chi connectivity index (χ4v) is 3.88. The topological polar surface area (TPSA) is 88.5 Å². The van der Waals surface area contributed by atoms with E-state index >= 15 is 0 Å². The fourth-order valence-electron chi connectivity index (χ4n) is 3.73. The number of nitrogens with zero attached hydrogens (tertiary/aromatic N) is 1. The summed E-state index contributed by atoms with van der Waals surface area (Å²) in [6.45, 7) is 0.511. The molecule has 0 unspecified atom stereocenters. The third-order valence-corrected chi connectivity index (χ3v) is 5.36. The molecule has 1 amide bonds. The van der Waals surface area contributed by atoms with Crippen molar-refractivity contribution in [1.82, 2.24) is 10.3 Å². The molecule has 2 aromatic carbocycles. The van der Waals surface area contributed by atoms with E-state index < -0.39 is 12.1 Å². The SMILES string of the molecule is O=C(NCCC#Cc1ccc(Cl)nc1C(=O)O)OCC1c2ccccc2-c2ccccc21. The number of ether oxygens (including phenoxy) is 1. The largest absolute Gasteiger partial charge is 0.476 e. The van der Waals surface area contributed by atoms with Crippen LogP contribution in [0.5, 0.6) is 0 Å². The van der Waals surface area contributed by atoms with Crippen LogP contribution in [-0.2, 0) is 4.74 Å². The van der Waals surface area contributed by atoms with Crippen LogP contribution in [0.1, 0.15) is 39.5 Å². The lowest BCUT2D eigenvalue weighted by atomic mass is 9.98. The molecule has 6 nitrogen and oxygen atoms in total. The third-order valence-electron chi connectivity index (χ3n) is 5.15. The van der Waals surface area contributed by atoms with Crippen LogP contribution in [0.15, 0.2) is 60.7 Å². The van der Waals surface area contributed by atoms with E-state index in [1.54, 1.807) is 0 Å². The maximum absolute atomic E-state index is 12.2. The number of aromatic nitrogens is 1. The Kier molecular flexibility index (Phi) is 6.39. The second-order valence-electron chi connectivity index (χ2n) is 7.14. The summed E-state index contributed by atoms with van der Waals surface area (Å²) in [6, 6.07) is 19.3. The van der Waals surface area contributed by atoms with Crippen LogP contribution < -0.4 is 5.32 Å². The second kappa shape index (κ2) is 9.54. The highest BCUT2D eigenvalue weighted by Crippen LogP contribution is 2.44. The van der Waals surface area contributed by atoms with Crippen LogP contribution in [0.25, 0.3) is 11.1 Å². The normalized spacial score (nSPS) is 11.7. The highest BCUT2D eigenvalue weighted by molar-refractivity contribution is 6.29. The van der Waals surface area contributed by atoms with Crippen molar-refractivity contribution in [3.63, 3.8) is 0 Å². The summed E-state index contributed by atoms with van der Waals surface area (Å²) in [5.41, 5.74) is 4.71. The van der Waals surface area contributed by atoms with Gasteiger partial charge < -0.3 is 15.2 Å². The molecular weight excluding hydrogens is 428 g/mol. The molecule has 0 saturated carbocycles. The van der Waals surface area contributed by atoms with Crippen LogP contribution in [0.3, 0.4) is 0 Å². The highest BCUT2D eigenvalue weighted by Gasteiger charge is 2.28. The van der Waals surface area contributed by atoms with E-state index in [1.165, 1.54) is 23.3 Å². The lowest BCUT2D eigenvalue weighted by Gasteiger charge is -2.14. The number of benzene rings is 2. The van der Waals surface area contributed by atoms with Crippen molar-refractivity contribution in [2.45, 2.75) is 12.3 Å². The summed E-state index contributed by atoms with van der Waals surface area (Å²) >= 11 is 5.73. The molecule has 1 heterocycles. The number of carbonyl (C=O) groups is 2. The number of carboxylic acids is 1. The molecule has 2 N–H and O–H groups in total. The van der Waals surface area contributed by atoms with Gasteiger partial charge in [0, 0.05) is 18.9 Å². The van der Waals surface area contributed by atoms with Crippen molar-refractivity contribution >= 4 is 23.7 Å². The molecule has 0 aliphatic heterocycles. The van der Waals surface area contributed by atoms with Gasteiger partial charge in [0.2, 0.25) is 0 Å². The Morgan fingerprint density at radius 3 is 2.34 bits per heavy atom. The monoisotopic (exact) mass is 446 g/mol. The Balaban J connectivity index is 1.30. The molecule has 0 bridgehead atoms. The Labute approximate surface area is 190 Å². The van der Waals surface area contributed by atoms with Gasteiger partial charge in [-0.15, -0.1) is 0 Å². The third kappa shape index (κ3) is 4.58. The number of nitrogens with one attached hydrogen (secondary N) is 1. The molecule has 1 aliphatic rings. The average Bonchev–Trinajstić information content (AvgIpc) is 3.12. The molecule has 1 aliphatic carbocycles. The molecule has 4 rings (SSSR count). The molecule has 0 saturated heterocycles. The first-order chi connectivity index (χ1) is 15.5. The molecule has 3 aromatic rings. The first-order valence-electron chi connectivity index (χ1n) is 10.0. The van der Waals surface area contributed by atoms with Crippen molar-refractivity contribution in [2.75, 3.05) is 13.2 Å². The van der Waals surface area contributed by atoms with Crippen molar-refractivity contribution < 1.29 is 19.4 Å². The van der Waals surface area contributed by atoms with E-state index in [-0.39, 0.29) is 35.5 Å². The number of alkyl carbamates (subject to hydrolysis) is 1. The van der Waals surface area contributed by atoms with Gasteiger partial charge in [-0.1, -0.05) is 72.0 Å². The number of aromatic carboxylic acids is 1. The number of pyridine rings is 1. The lowest BCUT2D eigenvalue weighted by Crippen LogP contribution is -2.26. The molecule has 1 aromatic heterocycles. The number of amides is 1. The van der Waals surface area contributed by atoms with E-state index in [9.17, 15) is 14.7 Å². The highest BCUT2D eigenvalue weighted by atomic mass is 35.5. The summed E-state index contributed by atoms with van der Waals surface area (Å²) < 4.78 is 5.47. The van der Waals surface area contributed by atoms with Gasteiger partial charge in [-0.05, 0) is 34.4 Å². The van der Waals surface area contributed by atoms with Crippen LogP contribution in [0, 0.1) is 11.8 Å². The quantitative estimate of drug-likeness (QED) is 0.336. The van der Waals surface area contributed by atoms with Gasteiger partial charge >= 0.3 is 12.1 Å². The predicted molar refractivity (Wildman–Crippen MR) is 121 cm³/mol. The summed E-state index contributed by atoms with van der Waals surface area (Å²) in [6.07, 6.45) is -0.195. The summed E-state index contributed by atoms with van der Waals surface area (Å²) in [5, 5.41) is 11.9. The smallest absolute Gasteiger partial charge is 0.407 e. The van der Waals surface area contributed by atoms with E-state index in [2.05, 4.69) is 46.4 Å². The summed E-state index contributed by atoms with van der Waals surface area (Å²) in [4.78, 5) is 27.1. The van der Waals surface area contributed by atoms with Crippen molar-refractivity contribution in [1.29, 1.82) is 0 Å². The Morgan fingerprint density at radius 1 is 1.03 bits per heavy atom. The molecule has 0 spiro atoms. The van der Waals surface area contributed by atoms with Crippen LogP contribution >= 0.6 is 11.6 Å². The number of carbonyl (C=O) groups excluding carboxylic acids is 1. The Morgan fingerprint density at radius 2 is 1.69 bits per heavy atom. The zero-order valence-electron chi connectivity index (χ0n) is 17.0. The molecule has 0 radical (unpaired) electrons. The van der Waals surface area contributed by atoms with Crippen molar-refractivity contribution in [3.8, 4) is 23.0 Å². The molecule has 0 fully saturated rings. The van der Waals surface area contributed by atoms with Crippen molar-refractivity contribution in [2.24, 2.45) is 0 Å². The van der Waals surface area contributed by atoms with Gasteiger partial charge in [0.1, 0.15) is 11.8 Å². The first kappa shape index (κ1) is 21.4. The van der Waals surface area contributed by atoms with Crippen LogP contribution in [0.2, 0.25) is 5.15 Å². The summed E-state index contributed by atoms with van der Waals surface area (Å²) in [7, 11) is 0. The average molecular weight is 447 g/mol. The van der Waals surface area contributed by atoms with E-state index in [4.69, 9.17) is 16.3 Å². The number of carboxylic acid groups (broad SMARTS) is 1. The van der Waals surface area contributed by atoms with Gasteiger partial charge in [0.15, 0.2) is 5.69 Å². The van der Waals surface area contributed by atoms with Gasteiger partial charge in [0.25, 0.3) is 0 Å². The molecule has 0 atom stereocenters. The molecule has 7 heteroatoms. The lowest BCUT2D eigenvalue weighted by molar-refractivity contribution is 0.0690. The zero-order valence-corrected chi connectivity index (χ0v) is 17.7. The summed E-state index contributed by atoms with van der Waals surface area (Å²) in [5.74, 6) is 4.38. The number of fused-ring (bicyclic) bond motifs is 3. The number of hydrogen-bond acceptors (Lipinski definition) is 4. The Hall–Kier alpha value is -3.82. The maximum Gasteiger partial charge on any atom is 0.407 e. The van der Waals surface area contributed by atoms with Gasteiger partial charge in [0.05, 0.1) is 5.56 Å². The number of rotatable bonds is 5. The molecular formula is C25H19ClN2O4. The second-order valence-corrected chi connectivity index (χ2v) is 7.53. The van der Waals surface area contributed by atoms with E-state index in [0.29, 0.717) is 6.42 Å². The van der Waals surface area contributed by atoms with E-state index in [1.807, 2.05) is 24.3 Å². The standard InChI is InChI=1S/C25H19ClN2O4/c26-22-13-12-16(23(28-22)24(29)30)7-5-6-14-27-25(31)32-15-21-19-10-3-1-8-17(19)18-9-2-4-11-20(18)21/h1-4,8-13,21H,6,14-15H2,(H,27,31)(H,29,30). The van der Waals surface area contributed by atoms with Gasteiger partial charge in [-0.25, -0.2) is 14.6 Å². The maximum atomic E-state index is 12.2. The minimum Gasteiger partial charge on any atom is -0.476 e. The minimum atomic E-state index is -1.20. The minimum absolute atomic E-state index is 0.000198. The zero-order chi connectivity index (χ0) is 22.5. The first-order valence-corrected chi connectivity index (χ1v) is 10.4. The van der Waals surface area contributed by atoms with Crippen LogP contribution in [-0.4, -0.2) is 35.3 Å². The van der Waals surface area contributed by atoms with Gasteiger partial charge in [-0.2, -0.15) is 0 Å². The van der Waals surface area contributed by atoms with E-state index in [0.717, 1.165) is 11.1 Å². The van der Waals surface area contributed by atoms with Gasteiger partial charge in [-0.3, -0.25) is 0 Å². The number of halogens is 1. The van der Waals surface area contributed by atoms with Crippen LogP contribution in [0.4, 0.5) is 4.79 Å². The fraction of sp³-hybridized carbons (Fsp3) is 0.160.